The second-order valence-electron chi connectivity index (χ2n) is 4.59. The van der Waals surface area contributed by atoms with E-state index in [9.17, 15) is 4.39 Å². The Kier molecular flexibility index (Phi) is 2.39. The molecule has 0 unspecified atom stereocenters. The van der Waals surface area contributed by atoms with Gasteiger partial charge in [0.25, 0.3) is 0 Å². The van der Waals surface area contributed by atoms with E-state index in [-0.39, 0.29) is 5.82 Å². The van der Waals surface area contributed by atoms with Crippen LogP contribution in [0.15, 0.2) is 40.8 Å². The van der Waals surface area contributed by atoms with Crippen LogP contribution in [0.4, 0.5) is 10.1 Å². The largest absolute Gasteiger partial charge is 0.489 e. The van der Waals surface area contributed by atoms with Gasteiger partial charge in [0.1, 0.15) is 17.9 Å². The predicted octanol–water partition coefficient (Wildman–Crippen LogP) is 3.44. The molecule has 0 radical (unpaired) electrons. The first-order valence-electron chi connectivity index (χ1n) is 6.37. The summed E-state index contributed by atoms with van der Waals surface area (Å²) in [7, 11) is 0. The van der Waals surface area contributed by atoms with Crippen molar-refractivity contribution in [2.75, 3.05) is 18.5 Å². The molecule has 5 heteroatoms. The van der Waals surface area contributed by atoms with Gasteiger partial charge in [0.15, 0.2) is 11.3 Å². The normalized spacial score (nSPS) is 13.7. The molecule has 2 heterocycles. The fraction of sp³-hybridized carbons (Fsp3) is 0.133. The molecule has 1 N–H and O–H groups in total. The Bertz CT molecular complexity index is 798. The number of rotatable bonds is 1. The number of ether oxygens (including phenoxy) is 1. The van der Waals surface area contributed by atoms with Gasteiger partial charge in [0, 0.05) is 12.6 Å². The lowest BCUT2D eigenvalue weighted by Crippen LogP contribution is -2.18. The van der Waals surface area contributed by atoms with Crippen LogP contribution in [-0.4, -0.2) is 18.1 Å². The fourth-order valence-electron chi connectivity index (χ4n) is 2.35. The summed E-state index contributed by atoms with van der Waals surface area (Å²) in [5.74, 6) is 0.835. The van der Waals surface area contributed by atoms with Crippen molar-refractivity contribution in [1.29, 1.82) is 0 Å². The number of oxazole rings is 1. The summed E-state index contributed by atoms with van der Waals surface area (Å²) in [6, 6.07) is 10.0. The van der Waals surface area contributed by atoms with Gasteiger partial charge in [-0.1, -0.05) is 6.07 Å². The van der Waals surface area contributed by atoms with Crippen molar-refractivity contribution in [3.63, 3.8) is 0 Å². The Morgan fingerprint density at radius 1 is 1.20 bits per heavy atom. The standard InChI is InChI=1S/C15H11FN2O2/c16-9-4-5-13-12(8-9)18-15(20-13)10-2-1-3-11-14(10)19-7-6-17-11/h1-5,8,17H,6-7H2. The number of aromatic nitrogens is 1. The molecule has 1 aliphatic heterocycles. The van der Waals surface area contributed by atoms with Gasteiger partial charge in [0.2, 0.25) is 5.89 Å². The Hall–Kier alpha value is -2.56. The number of nitrogens with zero attached hydrogens (tertiary/aromatic N) is 1. The van der Waals surface area contributed by atoms with Crippen molar-refractivity contribution in [3.8, 4) is 17.2 Å². The van der Waals surface area contributed by atoms with Gasteiger partial charge in [-0.25, -0.2) is 9.37 Å². The lowest BCUT2D eigenvalue weighted by atomic mass is 10.1. The molecule has 0 aliphatic carbocycles. The van der Waals surface area contributed by atoms with Gasteiger partial charge >= 0.3 is 0 Å². The van der Waals surface area contributed by atoms with E-state index in [4.69, 9.17) is 9.15 Å². The molecule has 0 fully saturated rings. The third-order valence-corrected chi connectivity index (χ3v) is 3.26. The van der Waals surface area contributed by atoms with E-state index in [1.165, 1.54) is 12.1 Å². The molecule has 0 amide bonds. The molecule has 0 saturated heterocycles. The fourth-order valence-corrected chi connectivity index (χ4v) is 2.35. The number of nitrogens with one attached hydrogen (secondary N) is 1. The number of halogens is 1. The van der Waals surface area contributed by atoms with Crippen LogP contribution in [0.25, 0.3) is 22.6 Å². The first-order valence-corrected chi connectivity index (χ1v) is 6.37. The highest BCUT2D eigenvalue weighted by atomic mass is 19.1. The zero-order chi connectivity index (χ0) is 13.5. The Morgan fingerprint density at radius 3 is 3.10 bits per heavy atom. The van der Waals surface area contributed by atoms with Crippen LogP contribution in [0.3, 0.4) is 0 Å². The van der Waals surface area contributed by atoms with Crippen molar-refractivity contribution in [2.45, 2.75) is 0 Å². The Morgan fingerprint density at radius 2 is 2.15 bits per heavy atom. The van der Waals surface area contributed by atoms with Crippen molar-refractivity contribution in [3.05, 3.63) is 42.2 Å². The van der Waals surface area contributed by atoms with E-state index in [0.717, 1.165) is 23.5 Å². The first-order chi connectivity index (χ1) is 9.81. The average Bonchev–Trinajstić information content (AvgIpc) is 2.89. The van der Waals surface area contributed by atoms with Crippen LogP contribution in [0.5, 0.6) is 5.75 Å². The number of fused-ring (bicyclic) bond motifs is 2. The molecule has 20 heavy (non-hydrogen) atoms. The van der Waals surface area contributed by atoms with Crippen molar-refractivity contribution in [1.82, 2.24) is 4.98 Å². The molecule has 0 bridgehead atoms. The third kappa shape index (κ3) is 1.71. The van der Waals surface area contributed by atoms with Crippen LogP contribution >= 0.6 is 0 Å². The van der Waals surface area contributed by atoms with Crippen molar-refractivity contribution in [2.24, 2.45) is 0 Å². The van der Waals surface area contributed by atoms with Crippen LogP contribution in [0.1, 0.15) is 0 Å². The van der Waals surface area contributed by atoms with E-state index in [0.29, 0.717) is 23.6 Å². The summed E-state index contributed by atoms with van der Waals surface area (Å²) in [6.07, 6.45) is 0. The lowest BCUT2D eigenvalue weighted by Gasteiger charge is -2.20. The van der Waals surface area contributed by atoms with Gasteiger partial charge in [-0.05, 0) is 24.3 Å². The molecule has 1 aromatic heterocycles. The van der Waals surface area contributed by atoms with Gasteiger partial charge in [-0.3, -0.25) is 0 Å². The summed E-state index contributed by atoms with van der Waals surface area (Å²) in [6.45, 7) is 1.37. The monoisotopic (exact) mass is 270 g/mol. The highest BCUT2D eigenvalue weighted by Crippen LogP contribution is 2.38. The molecular weight excluding hydrogens is 259 g/mol. The van der Waals surface area contributed by atoms with Gasteiger partial charge in [-0.15, -0.1) is 0 Å². The second-order valence-corrected chi connectivity index (χ2v) is 4.59. The predicted molar refractivity (Wildman–Crippen MR) is 73.4 cm³/mol. The molecule has 1 aliphatic rings. The van der Waals surface area contributed by atoms with E-state index in [1.807, 2.05) is 18.2 Å². The minimum atomic E-state index is -0.328. The summed E-state index contributed by atoms with van der Waals surface area (Å²) < 4.78 is 24.6. The topological polar surface area (TPSA) is 47.3 Å². The molecule has 100 valence electrons. The maximum absolute atomic E-state index is 13.2. The quantitative estimate of drug-likeness (QED) is 0.735. The van der Waals surface area contributed by atoms with E-state index in [2.05, 4.69) is 10.3 Å². The van der Waals surface area contributed by atoms with Crippen molar-refractivity contribution >= 4 is 16.8 Å². The molecule has 0 spiro atoms. The zero-order valence-corrected chi connectivity index (χ0v) is 10.5. The zero-order valence-electron chi connectivity index (χ0n) is 10.5. The Labute approximate surface area is 114 Å². The highest BCUT2D eigenvalue weighted by Gasteiger charge is 2.19. The first kappa shape index (κ1) is 11.3. The van der Waals surface area contributed by atoms with Crippen molar-refractivity contribution < 1.29 is 13.5 Å². The lowest BCUT2D eigenvalue weighted by molar-refractivity contribution is 0.324. The molecular formula is C15H11FN2O2. The van der Waals surface area contributed by atoms with E-state index < -0.39 is 0 Å². The molecule has 0 atom stereocenters. The highest BCUT2D eigenvalue weighted by molar-refractivity contribution is 5.80. The smallest absolute Gasteiger partial charge is 0.231 e. The molecule has 0 saturated carbocycles. The number of hydrogen-bond donors (Lipinski definition) is 1. The summed E-state index contributed by atoms with van der Waals surface area (Å²) in [5, 5.41) is 3.26. The number of hydrogen-bond acceptors (Lipinski definition) is 4. The van der Waals surface area contributed by atoms with E-state index in [1.54, 1.807) is 6.07 Å². The number of benzene rings is 2. The third-order valence-electron chi connectivity index (χ3n) is 3.26. The maximum atomic E-state index is 13.2. The van der Waals surface area contributed by atoms with Crippen LogP contribution in [-0.2, 0) is 0 Å². The Balaban J connectivity index is 1.90. The molecule has 2 aromatic carbocycles. The van der Waals surface area contributed by atoms with Crippen LogP contribution < -0.4 is 10.1 Å². The SMILES string of the molecule is Fc1ccc2oc(-c3cccc4c3OCCN4)nc2c1. The van der Waals surface area contributed by atoms with Gasteiger partial charge < -0.3 is 14.5 Å². The summed E-state index contributed by atoms with van der Waals surface area (Å²) >= 11 is 0. The number of anilines is 1. The van der Waals surface area contributed by atoms with Gasteiger partial charge in [0.05, 0.1) is 11.3 Å². The minimum absolute atomic E-state index is 0.328. The number of para-hydroxylation sites is 1. The van der Waals surface area contributed by atoms with Gasteiger partial charge in [-0.2, -0.15) is 0 Å². The minimum Gasteiger partial charge on any atom is -0.489 e. The second kappa shape index (κ2) is 4.23. The molecule has 4 nitrogen and oxygen atoms in total. The summed E-state index contributed by atoms with van der Waals surface area (Å²) in [5.41, 5.74) is 2.75. The van der Waals surface area contributed by atoms with Crippen LogP contribution in [0.2, 0.25) is 0 Å². The molecule has 3 aromatic rings. The summed E-state index contributed by atoms with van der Waals surface area (Å²) in [4.78, 5) is 4.34. The molecule has 4 rings (SSSR count). The average molecular weight is 270 g/mol. The maximum Gasteiger partial charge on any atom is 0.231 e. The van der Waals surface area contributed by atoms with Crippen LogP contribution in [0, 0.1) is 5.82 Å². The van der Waals surface area contributed by atoms with E-state index >= 15 is 0 Å².